The maximum absolute atomic E-state index is 13.1. The quantitative estimate of drug-likeness (QED) is 0.629. The van der Waals surface area contributed by atoms with Crippen LogP contribution in [0.2, 0.25) is 0 Å². The summed E-state index contributed by atoms with van der Waals surface area (Å²) in [5.41, 5.74) is 4.63. The number of fused-ring (bicyclic) bond motifs is 1. The number of nitrogens with zero attached hydrogens (tertiary/aromatic N) is 3. The Hall–Kier alpha value is -3.28. The van der Waals surface area contributed by atoms with Gasteiger partial charge in [-0.1, -0.05) is 30.3 Å². The van der Waals surface area contributed by atoms with Crippen molar-refractivity contribution in [1.29, 1.82) is 0 Å². The first kappa shape index (κ1) is 20.0. The van der Waals surface area contributed by atoms with Crippen molar-refractivity contribution in [1.82, 2.24) is 14.7 Å². The molecule has 6 heteroatoms. The SMILES string of the molecule is COc1ccc(CCC(=O)N2Cc3ccccc3C(c3cnn(C)c3)C2)c(OC)c1. The summed E-state index contributed by atoms with van der Waals surface area (Å²) in [4.78, 5) is 15.1. The Morgan fingerprint density at radius 2 is 2.00 bits per heavy atom. The smallest absolute Gasteiger partial charge is 0.223 e. The lowest BCUT2D eigenvalue weighted by atomic mass is 9.86. The number of benzene rings is 2. The highest BCUT2D eigenvalue weighted by atomic mass is 16.5. The van der Waals surface area contributed by atoms with Crippen LogP contribution in [-0.2, 0) is 24.8 Å². The summed E-state index contributed by atoms with van der Waals surface area (Å²) in [5, 5.41) is 4.33. The van der Waals surface area contributed by atoms with Crippen molar-refractivity contribution >= 4 is 5.91 Å². The molecule has 0 saturated carbocycles. The highest BCUT2D eigenvalue weighted by Crippen LogP contribution is 2.34. The van der Waals surface area contributed by atoms with Crippen LogP contribution < -0.4 is 9.47 Å². The first-order valence-electron chi connectivity index (χ1n) is 10.1. The van der Waals surface area contributed by atoms with Gasteiger partial charge in [-0.15, -0.1) is 0 Å². The molecule has 0 saturated heterocycles. The minimum Gasteiger partial charge on any atom is -0.497 e. The number of methoxy groups -OCH3 is 2. The van der Waals surface area contributed by atoms with Crippen LogP contribution in [0.4, 0.5) is 0 Å². The Morgan fingerprint density at radius 1 is 1.17 bits per heavy atom. The van der Waals surface area contributed by atoms with E-state index in [1.165, 1.54) is 11.1 Å². The van der Waals surface area contributed by atoms with E-state index in [-0.39, 0.29) is 11.8 Å². The van der Waals surface area contributed by atoms with Gasteiger partial charge >= 0.3 is 0 Å². The van der Waals surface area contributed by atoms with Gasteiger partial charge < -0.3 is 14.4 Å². The molecule has 0 fully saturated rings. The van der Waals surface area contributed by atoms with Crippen LogP contribution in [0.1, 0.15) is 34.6 Å². The first-order valence-corrected chi connectivity index (χ1v) is 10.1. The summed E-state index contributed by atoms with van der Waals surface area (Å²) >= 11 is 0. The normalized spacial score (nSPS) is 15.6. The van der Waals surface area contributed by atoms with Crippen molar-refractivity contribution in [2.45, 2.75) is 25.3 Å². The second-order valence-corrected chi connectivity index (χ2v) is 7.65. The molecule has 1 aliphatic rings. The summed E-state index contributed by atoms with van der Waals surface area (Å²) < 4.78 is 12.5. The van der Waals surface area contributed by atoms with Crippen molar-refractivity contribution in [3.63, 3.8) is 0 Å². The number of rotatable bonds is 6. The van der Waals surface area contributed by atoms with Crippen molar-refractivity contribution in [3.8, 4) is 11.5 Å². The number of ether oxygens (including phenoxy) is 2. The fourth-order valence-electron chi connectivity index (χ4n) is 4.16. The van der Waals surface area contributed by atoms with Gasteiger partial charge in [0, 0.05) is 44.7 Å². The molecule has 4 rings (SSSR count). The summed E-state index contributed by atoms with van der Waals surface area (Å²) in [6, 6.07) is 14.1. The molecular weight excluding hydrogens is 378 g/mol. The van der Waals surface area contributed by atoms with Gasteiger partial charge in [-0.2, -0.15) is 5.10 Å². The van der Waals surface area contributed by atoms with Gasteiger partial charge in [0.2, 0.25) is 5.91 Å². The average molecular weight is 405 g/mol. The van der Waals surface area contributed by atoms with Crippen LogP contribution in [0.15, 0.2) is 54.9 Å². The van der Waals surface area contributed by atoms with Gasteiger partial charge in [-0.25, -0.2) is 0 Å². The van der Waals surface area contributed by atoms with E-state index in [0.717, 1.165) is 22.6 Å². The molecular formula is C24H27N3O3. The van der Waals surface area contributed by atoms with Crippen LogP contribution in [0.3, 0.4) is 0 Å². The highest BCUT2D eigenvalue weighted by Gasteiger charge is 2.29. The zero-order valence-electron chi connectivity index (χ0n) is 17.7. The van der Waals surface area contributed by atoms with Crippen molar-refractivity contribution in [3.05, 3.63) is 77.1 Å². The van der Waals surface area contributed by atoms with E-state index in [4.69, 9.17) is 9.47 Å². The maximum atomic E-state index is 13.1. The molecule has 0 aliphatic carbocycles. The van der Waals surface area contributed by atoms with E-state index in [2.05, 4.69) is 23.3 Å². The van der Waals surface area contributed by atoms with E-state index >= 15 is 0 Å². The minimum absolute atomic E-state index is 0.142. The number of carbonyl (C=O) groups excluding carboxylic acids is 1. The Morgan fingerprint density at radius 3 is 2.73 bits per heavy atom. The molecule has 30 heavy (non-hydrogen) atoms. The fourth-order valence-corrected chi connectivity index (χ4v) is 4.16. The Balaban J connectivity index is 1.51. The van der Waals surface area contributed by atoms with Crippen molar-refractivity contribution in [2.24, 2.45) is 7.05 Å². The maximum Gasteiger partial charge on any atom is 0.223 e. The zero-order chi connectivity index (χ0) is 21.1. The number of hydrogen-bond donors (Lipinski definition) is 0. The minimum atomic E-state index is 0.142. The second kappa shape index (κ2) is 8.61. The van der Waals surface area contributed by atoms with Gasteiger partial charge in [0.25, 0.3) is 0 Å². The summed E-state index contributed by atoms with van der Waals surface area (Å²) in [6.45, 7) is 1.31. The molecule has 0 spiro atoms. The van der Waals surface area contributed by atoms with E-state index in [9.17, 15) is 4.79 Å². The van der Waals surface area contributed by atoms with E-state index in [1.807, 2.05) is 53.3 Å². The fraction of sp³-hybridized carbons (Fsp3) is 0.333. The molecule has 0 radical (unpaired) electrons. The lowest BCUT2D eigenvalue weighted by Gasteiger charge is -2.34. The Labute approximate surface area is 177 Å². The first-order chi connectivity index (χ1) is 14.6. The number of amides is 1. The average Bonchev–Trinajstić information content (AvgIpc) is 3.22. The van der Waals surface area contributed by atoms with E-state index in [1.54, 1.807) is 14.2 Å². The monoisotopic (exact) mass is 405 g/mol. The third kappa shape index (κ3) is 4.03. The molecule has 0 N–H and O–H groups in total. The molecule has 2 aromatic carbocycles. The van der Waals surface area contributed by atoms with Gasteiger partial charge in [-0.3, -0.25) is 9.48 Å². The topological polar surface area (TPSA) is 56.6 Å². The number of hydrogen-bond acceptors (Lipinski definition) is 4. The predicted octanol–water partition coefficient (Wildman–Crippen LogP) is 3.54. The van der Waals surface area contributed by atoms with Crippen LogP contribution in [-0.4, -0.2) is 41.4 Å². The van der Waals surface area contributed by atoms with Crippen LogP contribution in [0, 0.1) is 0 Å². The molecule has 0 bridgehead atoms. The lowest BCUT2D eigenvalue weighted by Crippen LogP contribution is -2.38. The molecule has 1 amide bonds. The van der Waals surface area contributed by atoms with Crippen LogP contribution >= 0.6 is 0 Å². The van der Waals surface area contributed by atoms with Crippen LogP contribution in [0.25, 0.3) is 0 Å². The molecule has 156 valence electrons. The van der Waals surface area contributed by atoms with Gasteiger partial charge in [0.05, 0.1) is 20.4 Å². The van der Waals surface area contributed by atoms with Gasteiger partial charge in [-0.05, 0) is 34.7 Å². The summed E-state index contributed by atoms with van der Waals surface area (Å²) in [7, 11) is 5.19. The molecule has 2 heterocycles. The van der Waals surface area contributed by atoms with Gasteiger partial charge in [0.15, 0.2) is 0 Å². The molecule has 3 aromatic rings. The molecule has 1 aromatic heterocycles. The largest absolute Gasteiger partial charge is 0.497 e. The molecule has 1 aliphatic heterocycles. The van der Waals surface area contributed by atoms with Crippen LogP contribution in [0.5, 0.6) is 11.5 Å². The van der Waals surface area contributed by atoms with Crippen molar-refractivity contribution < 1.29 is 14.3 Å². The van der Waals surface area contributed by atoms with E-state index < -0.39 is 0 Å². The van der Waals surface area contributed by atoms with Gasteiger partial charge in [0.1, 0.15) is 11.5 Å². The molecule has 1 atom stereocenters. The lowest BCUT2D eigenvalue weighted by molar-refractivity contribution is -0.132. The predicted molar refractivity (Wildman–Crippen MR) is 115 cm³/mol. The standard InChI is InChI=1S/C24H27N3O3/c1-26-14-19(13-25-26)22-16-27(15-18-6-4-5-7-21(18)22)24(28)11-9-17-8-10-20(29-2)12-23(17)30-3/h4-8,10,12-14,22H,9,11,15-16H2,1-3H3. The van der Waals surface area contributed by atoms with E-state index in [0.29, 0.717) is 25.9 Å². The molecule has 1 unspecified atom stereocenters. The highest BCUT2D eigenvalue weighted by molar-refractivity contribution is 5.77. The number of aromatic nitrogens is 2. The molecule has 6 nitrogen and oxygen atoms in total. The third-order valence-corrected chi connectivity index (χ3v) is 5.78. The summed E-state index contributed by atoms with van der Waals surface area (Å²) in [5.74, 6) is 1.78. The zero-order valence-corrected chi connectivity index (χ0v) is 17.7. The summed E-state index contributed by atoms with van der Waals surface area (Å²) in [6.07, 6.45) is 5.00. The Kier molecular flexibility index (Phi) is 5.74. The van der Waals surface area contributed by atoms with Crippen molar-refractivity contribution in [2.75, 3.05) is 20.8 Å². The third-order valence-electron chi connectivity index (χ3n) is 5.78. The number of carbonyl (C=O) groups is 1. The Bertz CT molecular complexity index is 1040. The second-order valence-electron chi connectivity index (χ2n) is 7.65. The number of aryl methyl sites for hydroxylation is 2.